The van der Waals surface area contributed by atoms with Crippen LogP contribution in [0, 0.1) is 12.2 Å². The molecule has 0 saturated carbocycles. The fourth-order valence-corrected chi connectivity index (χ4v) is 0.722. The molecule has 0 atom stereocenters. The van der Waals surface area contributed by atoms with Crippen LogP contribution in [0.25, 0.3) is 0 Å². The van der Waals surface area contributed by atoms with Crippen molar-refractivity contribution in [3.8, 4) is 0 Å². The van der Waals surface area contributed by atoms with Crippen LogP contribution in [0.1, 0.15) is 25.7 Å². The third-order valence-electron chi connectivity index (χ3n) is 1.24. The van der Waals surface area contributed by atoms with Crippen molar-refractivity contribution in [1.82, 2.24) is 0 Å². The zero-order valence-corrected chi connectivity index (χ0v) is 8.10. The maximum Gasteiger partial charge on any atom is 2.00 e. The Balaban J connectivity index is 0.000000167. The number of hydrogen-bond donors (Lipinski definition) is 0. The minimum atomic E-state index is 0. The summed E-state index contributed by atoms with van der Waals surface area (Å²) < 4.78 is 0. The normalized spacial score (nSPS) is 16.0. The van der Waals surface area contributed by atoms with Crippen LogP contribution in [0.2, 0.25) is 0 Å². The van der Waals surface area contributed by atoms with Crippen molar-refractivity contribution in [3.63, 3.8) is 0 Å². The summed E-state index contributed by atoms with van der Waals surface area (Å²) >= 11 is 0. The second kappa shape index (κ2) is 7.91. The van der Waals surface area contributed by atoms with Gasteiger partial charge in [-0.25, -0.2) is 12.2 Å². The Kier molecular flexibility index (Phi) is 7.77. The maximum atomic E-state index is 2.92. The van der Waals surface area contributed by atoms with Crippen molar-refractivity contribution >= 4 is 23.1 Å². The van der Waals surface area contributed by atoms with Crippen LogP contribution in [-0.4, -0.2) is 23.1 Å². The third kappa shape index (κ3) is 6.21. The van der Waals surface area contributed by atoms with E-state index in [1.54, 1.807) is 0 Å². The molecule has 0 spiro atoms. The van der Waals surface area contributed by atoms with Gasteiger partial charge in [-0.3, -0.25) is 0 Å². The van der Waals surface area contributed by atoms with Gasteiger partial charge in [-0.05, 0) is 0 Å². The first-order chi connectivity index (χ1) is 5.00. The average Bonchev–Trinajstić information content (AvgIpc) is 2.67. The van der Waals surface area contributed by atoms with Gasteiger partial charge in [0.15, 0.2) is 0 Å². The van der Waals surface area contributed by atoms with Gasteiger partial charge in [-0.2, -0.15) is 12.2 Å². The molecular formula is C10H10Mg. The second-order valence-corrected chi connectivity index (χ2v) is 2.13. The smallest absolute Gasteiger partial charge is 0.335 e. The van der Waals surface area contributed by atoms with Gasteiger partial charge < -0.3 is 11.5 Å². The van der Waals surface area contributed by atoms with Crippen LogP contribution in [0.4, 0.5) is 0 Å². The molecule has 0 nitrogen and oxygen atoms in total. The van der Waals surface area contributed by atoms with Gasteiger partial charge >= 0.3 is 23.1 Å². The summed E-state index contributed by atoms with van der Waals surface area (Å²) in [6.07, 6.45) is 14.3. The van der Waals surface area contributed by atoms with E-state index in [1.807, 2.05) is 12.2 Å². The van der Waals surface area contributed by atoms with Crippen molar-refractivity contribution in [2.45, 2.75) is 25.7 Å². The summed E-state index contributed by atoms with van der Waals surface area (Å²) in [4.78, 5) is 0. The number of allylic oxidation sites excluding steroid dienone is 2. The first-order valence-electron chi connectivity index (χ1n) is 3.60. The molecule has 0 bridgehead atoms. The van der Waals surface area contributed by atoms with Crippen molar-refractivity contribution in [3.05, 3.63) is 35.8 Å². The van der Waals surface area contributed by atoms with Gasteiger partial charge in [-0.15, -0.1) is 25.7 Å². The van der Waals surface area contributed by atoms with Gasteiger partial charge in [0.1, 0.15) is 0 Å². The van der Waals surface area contributed by atoms with Gasteiger partial charge in [0.25, 0.3) is 0 Å². The molecule has 0 radical (unpaired) electrons. The molecule has 0 aromatic rings. The summed E-state index contributed by atoms with van der Waals surface area (Å²) in [5.74, 6) is 0. The van der Waals surface area contributed by atoms with E-state index < -0.39 is 0 Å². The van der Waals surface area contributed by atoms with E-state index in [0.717, 1.165) is 25.7 Å². The average molecular weight is 154 g/mol. The third-order valence-corrected chi connectivity index (χ3v) is 1.24. The molecule has 0 N–H and O–H groups in total. The molecule has 2 rings (SSSR count). The van der Waals surface area contributed by atoms with E-state index >= 15 is 0 Å². The fraction of sp³-hybridized carbons (Fsp3) is 0.400. The second-order valence-electron chi connectivity index (χ2n) is 2.13. The van der Waals surface area contributed by atoms with E-state index in [-0.39, 0.29) is 23.1 Å². The molecule has 0 amide bonds. The van der Waals surface area contributed by atoms with E-state index in [9.17, 15) is 0 Å². The van der Waals surface area contributed by atoms with Crippen molar-refractivity contribution in [2.24, 2.45) is 0 Å². The molecule has 0 heterocycles. The predicted molar refractivity (Wildman–Crippen MR) is 46.9 cm³/mol. The van der Waals surface area contributed by atoms with Crippen LogP contribution in [-0.2, 0) is 0 Å². The number of hydrogen-bond acceptors (Lipinski definition) is 0. The summed E-state index contributed by atoms with van der Waals surface area (Å²) in [6.45, 7) is 0. The van der Waals surface area contributed by atoms with Crippen LogP contribution in [0.15, 0.2) is 23.6 Å². The molecule has 0 aliphatic heterocycles. The van der Waals surface area contributed by atoms with Crippen molar-refractivity contribution < 1.29 is 0 Å². The first kappa shape index (κ1) is 10.8. The summed E-state index contributed by atoms with van der Waals surface area (Å²) in [5, 5.41) is 0. The Bertz CT molecular complexity index is 161. The molecule has 11 heavy (non-hydrogen) atoms. The molecule has 0 aromatic heterocycles. The molecule has 0 aromatic carbocycles. The molecule has 1 heteroatoms. The van der Waals surface area contributed by atoms with Gasteiger partial charge in [0, 0.05) is 0 Å². The molecule has 52 valence electrons. The topological polar surface area (TPSA) is 0 Å². The Morgan fingerprint density at radius 2 is 1.36 bits per heavy atom. The van der Waals surface area contributed by atoms with Crippen LogP contribution in [0.5, 0.6) is 0 Å². The standard InChI is InChI=1S/2C5H5.Mg/c2*1-2-4-5-3-1;/h2*1H,2,4H2;/q2*-1;+2. The Morgan fingerprint density at radius 3 is 1.45 bits per heavy atom. The van der Waals surface area contributed by atoms with Crippen molar-refractivity contribution in [2.75, 3.05) is 0 Å². The first-order valence-corrected chi connectivity index (χ1v) is 3.60. The largest absolute Gasteiger partial charge is 2.00 e. The fourth-order valence-electron chi connectivity index (χ4n) is 0.722. The number of rotatable bonds is 0. The molecular weight excluding hydrogens is 144 g/mol. The molecule has 2 aliphatic rings. The summed E-state index contributed by atoms with van der Waals surface area (Å²) in [5.41, 5.74) is 5.69. The molecule has 0 fully saturated rings. The Labute approximate surface area is 84.5 Å². The van der Waals surface area contributed by atoms with E-state index in [4.69, 9.17) is 0 Å². The van der Waals surface area contributed by atoms with E-state index in [1.165, 1.54) is 0 Å². The predicted octanol–water partition coefficient (Wildman–Crippen LogP) is 2.21. The Morgan fingerprint density at radius 1 is 0.909 bits per heavy atom. The van der Waals surface area contributed by atoms with Gasteiger partial charge in [0.05, 0.1) is 0 Å². The zero-order valence-electron chi connectivity index (χ0n) is 6.69. The molecule has 0 unspecified atom stereocenters. The van der Waals surface area contributed by atoms with Gasteiger partial charge in [0.2, 0.25) is 0 Å². The minimum Gasteiger partial charge on any atom is -0.335 e. The van der Waals surface area contributed by atoms with E-state index in [2.05, 4.69) is 23.6 Å². The van der Waals surface area contributed by atoms with Crippen molar-refractivity contribution in [1.29, 1.82) is 0 Å². The zero-order chi connectivity index (χ0) is 7.07. The Hall–Kier alpha value is -0.194. The molecule has 2 aliphatic carbocycles. The summed E-state index contributed by atoms with van der Waals surface area (Å²) in [7, 11) is 0. The maximum absolute atomic E-state index is 2.92. The summed E-state index contributed by atoms with van der Waals surface area (Å²) in [6, 6.07) is 0. The molecule has 0 saturated heterocycles. The van der Waals surface area contributed by atoms with E-state index in [0.29, 0.717) is 0 Å². The quantitative estimate of drug-likeness (QED) is 0.285. The van der Waals surface area contributed by atoms with Crippen LogP contribution >= 0.6 is 0 Å². The van der Waals surface area contributed by atoms with Crippen LogP contribution < -0.4 is 0 Å². The minimum absolute atomic E-state index is 0. The van der Waals surface area contributed by atoms with Gasteiger partial charge in [-0.1, -0.05) is 0 Å². The SMILES string of the molecule is C1=[C-]CCC=1.C1=[C-]CCC=1.[Mg+2]. The monoisotopic (exact) mass is 154 g/mol. The van der Waals surface area contributed by atoms with Crippen LogP contribution in [0.3, 0.4) is 0 Å².